The maximum absolute atomic E-state index is 11.8. The normalized spacial score (nSPS) is 9.24. The molecule has 0 spiro atoms. The van der Waals surface area contributed by atoms with Gasteiger partial charge < -0.3 is 5.11 Å². The van der Waals surface area contributed by atoms with Gasteiger partial charge in [0.1, 0.15) is 12.1 Å². The van der Waals surface area contributed by atoms with E-state index in [4.69, 9.17) is 15.9 Å². The molecule has 0 heterocycles. The fourth-order valence-corrected chi connectivity index (χ4v) is 1.75. The minimum atomic E-state index is -0.382. The Bertz CT molecular complexity index is 700. The zero-order valence-corrected chi connectivity index (χ0v) is 8.51. The molecule has 0 bridgehead atoms. The molecular formula is C12H4N4O. The molecule has 0 atom stereocenters. The van der Waals surface area contributed by atoms with Crippen molar-refractivity contribution in [1.82, 2.24) is 0 Å². The van der Waals surface area contributed by atoms with Crippen LogP contribution in [0.3, 0.4) is 0 Å². The Balaban J connectivity index is 3.06. The van der Waals surface area contributed by atoms with Crippen LogP contribution in [0.5, 0.6) is 5.75 Å². The summed E-state index contributed by atoms with van der Waals surface area (Å²) in [5.41, 5.74) is 0.259. The highest BCUT2D eigenvalue weighted by Crippen LogP contribution is 2.44. The zero-order valence-electron chi connectivity index (χ0n) is 8.51. The molecule has 2 rings (SSSR count). The van der Waals surface area contributed by atoms with Crippen LogP contribution < -0.4 is 5.11 Å². The summed E-state index contributed by atoms with van der Waals surface area (Å²) in [6.07, 6.45) is 0. The van der Waals surface area contributed by atoms with Crippen LogP contribution in [0.15, 0.2) is 24.3 Å². The van der Waals surface area contributed by atoms with E-state index in [-0.39, 0.29) is 28.1 Å². The first-order valence-corrected chi connectivity index (χ1v) is 4.65. The Kier molecular flexibility index (Phi) is 2.33. The van der Waals surface area contributed by atoms with Gasteiger partial charge in [0.2, 0.25) is 5.39 Å². The summed E-state index contributed by atoms with van der Waals surface area (Å²) in [6, 6.07) is 9.60. The van der Waals surface area contributed by atoms with Crippen molar-refractivity contribution >= 4 is 5.69 Å². The second kappa shape index (κ2) is 3.81. The van der Waals surface area contributed by atoms with Crippen molar-refractivity contribution in [2.24, 2.45) is 0 Å². The van der Waals surface area contributed by atoms with Crippen molar-refractivity contribution in [2.45, 2.75) is 0 Å². The van der Waals surface area contributed by atoms with Crippen LogP contribution in [0.1, 0.15) is 11.1 Å². The van der Waals surface area contributed by atoms with Crippen molar-refractivity contribution in [3.63, 3.8) is 0 Å². The number of rotatable bonds is 0. The number of hydrogen-bond donors (Lipinski definition) is 0. The van der Waals surface area contributed by atoms with Gasteiger partial charge in [0, 0.05) is 11.1 Å². The van der Waals surface area contributed by atoms with Crippen LogP contribution in [-0.4, -0.2) is 0 Å². The van der Waals surface area contributed by atoms with E-state index in [9.17, 15) is 5.11 Å². The maximum atomic E-state index is 11.8. The quantitative estimate of drug-likeness (QED) is 0.634. The average molecular weight is 220 g/mol. The van der Waals surface area contributed by atoms with Gasteiger partial charge in [-0.25, -0.2) is 0 Å². The summed E-state index contributed by atoms with van der Waals surface area (Å²) in [7, 11) is 0. The third-order valence-corrected chi connectivity index (χ3v) is 2.45. The van der Waals surface area contributed by atoms with Crippen LogP contribution in [0.2, 0.25) is 0 Å². The second-order valence-electron chi connectivity index (χ2n) is 3.29. The Labute approximate surface area is 96.7 Å². The highest BCUT2D eigenvalue weighted by molar-refractivity contribution is 5.94. The van der Waals surface area contributed by atoms with Crippen LogP contribution in [0, 0.1) is 28.1 Å². The van der Waals surface area contributed by atoms with Gasteiger partial charge in [-0.1, -0.05) is 30.0 Å². The standard InChI is InChI=1S/C12H4N4O/c13-5-8-7-3-1-2-4-10(17)11(7)9(6-14)12(8)16-15/h1-4H. The number of diazo groups is 1. The molecule has 2 aliphatic carbocycles. The predicted molar refractivity (Wildman–Crippen MR) is 56.7 cm³/mol. The van der Waals surface area contributed by atoms with Gasteiger partial charge in [0.05, 0.1) is 0 Å². The molecule has 0 unspecified atom stereocenters. The highest BCUT2D eigenvalue weighted by Gasteiger charge is 2.32. The molecule has 17 heavy (non-hydrogen) atoms. The van der Waals surface area contributed by atoms with E-state index >= 15 is 0 Å². The Morgan fingerprint density at radius 2 is 1.71 bits per heavy atom. The molecular weight excluding hydrogens is 216 g/mol. The lowest BCUT2D eigenvalue weighted by Gasteiger charge is -2.06. The molecule has 0 aliphatic heterocycles. The third-order valence-electron chi connectivity index (χ3n) is 2.45. The lowest BCUT2D eigenvalue weighted by Crippen LogP contribution is -1.91. The Morgan fingerprint density at radius 1 is 1.06 bits per heavy atom. The fourth-order valence-electron chi connectivity index (χ4n) is 1.75. The van der Waals surface area contributed by atoms with Gasteiger partial charge in [0.15, 0.2) is 16.1 Å². The topological polar surface area (TPSA) is 98.8 Å². The number of fused-ring (bicyclic) bond motifs is 1. The van der Waals surface area contributed by atoms with E-state index in [0.29, 0.717) is 5.56 Å². The second-order valence-corrected chi connectivity index (χ2v) is 3.29. The van der Waals surface area contributed by atoms with Gasteiger partial charge in [-0.3, -0.25) is 0 Å². The van der Waals surface area contributed by atoms with Gasteiger partial charge in [-0.15, -0.1) is 0 Å². The molecule has 5 nitrogen and oxygen atoms in total. The zero-order chi connectivity index (χ0) is 12.4. The summed E-state index contributed by atoms with van der Waals surface area (Å²) in [4.78, 5) is 2.93. The van der Waals surface area contributed by atoms with Gasteiger partial charge in [0.25, 0.3) is 0 Å². The molecule has 0 amide bonds. The van der Waals surface area contributed by atoms with E-state index < -0.39 is 0 Å². The minimum absolute atomic E-state index is 0.0346. The molecule has 2 aliphatic rings. The lowest BCUT2D eigenvalue weighted by molar-refractivity contribution is -0.267. The molecule has 0 aromatic carbocycles. The van der Waals surface area contributed by atoms with Crippen LogP contribution in [0.4, 0.5) is 5.69 Å². The number of nitriles is 2. The SMILES string of the molecule is N#Cc1c2ccccc([O-])c-2c(C#N)c1[N+]#N. The van der Waals surface area contributed by atoms with E-state index in [1.165, 1.54) is 12.1 Å². The molecule has 0 aromatic heterocycles. The van der Waals surface area contributed by atoms with Crippen molar-refractivity contribution < 1.29 is 5.11 Å². The summed E-state index contributed by atoms with van der Waals surface area (Å²) in [6.45, 7) is 0. The summed E-state index contributed by atoms with van der Waals surface area (Å²) in [5.74, 6) is -0.382. The summed E-state index contributed by atoms with van der Waals surface area (Å²) >= 11 is 0. The van der Waals surface area contributed by atoms with Crippen LogP contribution in [0.25, 0.3) is 16.1 Å². The largest absolute Gasteiger partial charge is 0.872 e. The molecule has 0 radical (unpaired) electrons. The number of nitrogens with zero attached hydrogens (tertiary/aromatic N) is 4. The van der Waals surface area contributed by atoms with Crippen LogP contribution in [-0.2, 0) is 0 Å². The monoisotopic (exact) mass is 220 g/mol. The predicted octanol–water partition coefficient (Wildman–Crippen LogP) is 2.09. The summed E-state index contributed by atoms with van der Waals surface area (Å²) in [5, 5.41) is 38.6. The lowest BCUT2D eigenvalue weighted by atomic mass is 10.1. The van der Waals surface area contributed by atoms with E-state index in [1.807, 2.05) is 6.07 Å². The van der Waals surface area contributed by atoms with E-state index in [1.54, 1.807) is 18.2 Å². The van der Waals surface area contributed by atoms with E-state index in [0.717, 1.165) is 0 Å². The first kappa shape index (κ1) is 10.4. The van der Waals surface area contributed by atoms with Gasteiger partial charge in [-0.2, -0.15) is 10.5 Å². The van der Waals surface area contributed by atoms with Crippen molar-refractivity contribution in [1.29, 1.82) is 15.9 Å². The van der Waals surface area contributed by atoms with Crippen LogP contribution >= 0.6 is 0 Å². The first-order chi connectivity index (χ1) is 8.24. The smallest absolute Gasteiger partial charge is 0.421 e. The molecule has 0 fully saturated rings. The molecule has 5 heteroatoms. The minimum Gasteiger partial charge on any atom is -0.872 e. The fraction of sp³-hybridized carbons (Fsp3) is 0. The molecule has 78 valence electrons. The molecule has 0 N–H and O–H groups in total. The van der Waals surface area contributed by atoms with Crippen molar-refractivity contribution in [3.8, 4) is 29.0 Å². The Hall–Kier alpha value is -3.10. The van der Waals surface area contributed by atoms with Gasteiger partial charge >= 0.3 is 5.69 Å². The molecule has 0 saturated heterocycles. The Morgan fingerprint density at radius 3 is 2.29 bits per heavy atom. The van der Waals surface area contributed by atoms with E-state index in [2.05, 4.69) is 4.98 Å². The highest BCUT2D eigenvalue weighted by atomic mass is 16.3. The molecule has 0 saturated carbocycles. The van der Waals surface area contributed by atoms with Crippen molar-refractivity contribution in [2.75, 3.05) is 0 Å². The summed E-state index contributed by atoms with van der Waals surface area (Å²) < 4.78 is 0. The average Bonchev–Trinajstić information content (AvgIpc) is 2.54. The van der Waals surface area contributed by atoms with Gasteiger partial charge in [-0.05, 0) is 0 Å². The van der Waals surface area contributed by atoms with Crippen molar-refractivity contribution in [3.05, 3.63) is 40.4 Å². The number of hydrogen-bond acceptors (Lipinski definition) is 4. The maximum Gasteiger partial charge on any atom is 0.421 e. The first-order valence-electron chi connectivity index (χ1n) is 4.65. The molecule has 0 aromatic rings. The third kappa shape index (κ3) is 1.33.